The summed E-state index contributed by atoms with van der Waals surface area (Å²) in [7, 11) is -3.40. The third kappa shape index (κ3) is 4.50. The molecule has 0 aromatic carbocycles. The molecule has 0 saturated heterocycles. The lowest BCUT2D eigenvalue weighted by Gasteiger charge is -2.24. The number of nitrogens with two attached hydrogens (primary N) is 1. The summed E-state index contributed by atoms with van der Waals surface area (Å²) in [5, 5.41) is 9.63. The zero-order valence-electron chi connectivity index (χ0n) is 12.7. The van der Waals surface area contributed by atoms with Crippen LogP contribution in [0.3, 0.4) is 0 Å². The van der Waals surface area contributed by atoms with Gasteiger partial charge in [-0.25, -0.2) is 23.1 Å². The number of hydrogen-bond donors (Lipinski definition) is 1. The minimum atomic E-state index is -3.40. The van der Waals surface area contributed by atoms with Crippen molar-refractivity contribution in [1.82, 2.24) is 14.6 Å². The highest BCUT2D eigenvalue weighted by Crippen LogP contribution is 2.27. The Bertz CT molecular complexity index is 735. The van der Waals surface area contributed by atoms with Crippen LogP contribution in [0.4, 0.5) is 0 Å². The predicted octanol–water partition coefficient (Wildman–Crippen LogP) is 1.68. The van der Waals surface area contributed by atoms with E-state index in [0.29, 0.717) is 6.42 Å². The standard InChI is InChI=1S/C14H22N4O2S/c1-11-10-13-16-7-8-18(13)17-12(11)4-5-14(2,3)6-9-21(15,19)20/h7-8,10H,4-6,9H2,1-3H3,(H2,15,19,20). The molecule has 0 unspecified atom stereocenters. The van der Waals surface area contributed by atoms with Crippen LogP contribution >= 0.6 is 0 Å². The number of imidazole rings is 1. The molecule has 116 valence electrons. The monoisotopic (exact) mass is 310 g/mol. The summed E-state index contributed by atoms with van der Waals surface area (Å²) < 4.78 is 23.9. The van der Waals surface area contributed by atoms with Crippen molar-refractivity contribution in [2.75, 3.05) is 5.75 Å². The second kappa shape index (κ2) is 5.73. The highest BCUT2D eigenvalue weighted by Gasteiger charge is 2.21. The molecule has 0 atom stereocenters. The van der Waals surface area contributed by atoms with E-state index in [4.69, 9.17) is 5.14 Å². The van der Waals surface area contributed by atoms with Crippen molar-refractivity contribution in [1.29, 1.82) is 0 Å². The van der Waals surface area contributed by atoms with Gasteiger partial charge in [0.25, 0.3) is 0 Å². The van der Waals surface area contributed by atoms with Crippen molar-refractivity contribution >= 4 is 15.7 Å². The number of hydrogen-bond acceptors (Lipinski definition) is 4. The van der Waals surface area contributed by atoms with Crippen LogP contribution < -0.4 is 5.14 Å². The van der Waals surface area contributed by atoms with E-state index in [0.717, 1.165) is 29.7 Å². The summed E-state index contributed by atoms with van der Waals surface area (Å²) in [5.41, 5.74) is 2.87. The van der Waals surface area contributed by atoms with E-state index in [9.17, 15) is 8.42 Å². The lowest BCUT2D eigenvalue weighted by atomic mass is 9.84. The van der Waals surface area contributed by atoms with Gasteiger partial charge in [-0.1, -0.05) is 13.8 Å². The largest absolute Gasteiger partial charge is 0.236 e. The van der Waals surface area contributed by atoms with Gasteiger partial charge in [0.2, 0.25) is 10.0 Å². The average molecular weight is 310 g/mol. The minimum Gasteiger partial charge on any atom is -0.236 e. The Hall–Kier alpha value is -1.47. The Balaban J connectivity index is 2.04. The first-order valence-corrected chi connectivity index (χ1v) is 8.68. The molecule has 2 N–H and O–H groups in total. The lowest BCUT2D eigenvalue weighted by Crippen LogP contribution is -2.23. The molecule has 6 nitrogen and oxygen atoms in total. The molecule has 2 aromatic rings. The van der Waals surface area contributed by atoms with Gasteiger partial charge in [0, 0.05) is 12.4 Å². The van der Waals surface area contributed by atoms with Gasteiger partial charge < -0.3 is 0 Å². The molecule has 0 bridgehead atoms. The quantitative estimate of drug-likeness (QED) is 0.878. The zero-order chi connectivity index (χ0) is 15.7. The summed E-state index contributed by atoms with van der Waals surface area (Å²) in [6.07, 6.45) is 5.76. The van der Waals surface area contributed by atoms with E-state index in [-0.39, 0.29) is 11.2 Å². The van der Waals surface area contributed by atoms with E-state index >= 15 is 0 Å². The van der Waals surface area contributed by atoms with E-state index in [1.54, 1.807) is 10.7 Å². The summed E-state index contributed by atoms with van der Waals surface area (Å²) in [6, 6.07) is 2.01. The molecule has 2 heterocycles. The highest BCUT2D eigenvalue weighted by atomic mass is 32.2. The molecule has 0 fully saturated rings. The third-order valence-electron chi connectivity index (χ3n) is 3.78. The number of rotatable bonds is 6. The van der Waals surface area contributed by atoms with Crippen LogP contribution in [0, 0.1) is 12.3 Å². The second-order valence-corrected chi connectivity index (χ2v) is 8.02. The molecule has 2 aromatic heterocycles. The van der Waals surface area contributed by atoms with E-state index < -0.39 is 10.0 Å². The van der Waals surface area contributed by atoms with Gasteiger partial charge in [-0.3, -0.25) is 0 Å². The van der Waals surface area contributed by atoms with Crippen LogP contribution in [0.1, 0.15) is 37.9 Å². The molecular weight excluding hydrogens is 288 g/mol. The van der Waals surface area contributed by atoms with Crippen molar-refractivity contribution in [2.24, 2.45) is 10.6 Å². The molecular formula is C14H22N4O2S. The van der Waals surface area contributed by atoms with Crippen molar-refractivity contribution in [3.63, 3.8) is 0 Å². The summed E-state index contributed by atoms with van der Waals surface area (Å²) in [6.45, 7) is 6.14. The normalized spacial score (nSPS) is 13.0. The van der Waals surface area contributed by atoms with Crippen molar-refractivity contribution in [3.8, 4) is 0 Å². The predicted molar refractivity (Wildman–Crippen MR) is 82.4 cm³/mol. The van der Waals surface area contributed by atoms with Crippen molar-refractivity contribution in [2.45, 2.75) is 40.0 Å². The topological polar surface area (TPSA) is 90.3 Å². The van der Waals surface area contributed by atoms with Crippen molar-refractivity contribution < 1.29 is 8.42 Å². The molecule has 0 saturated carbocycles. The van der Waals surface area contributed by atoms with Gasteiger partial charge in [0.15, 0.2) is 5.65 Å². The Morgan fingerprint density at radius 1 is 1.33 bits per heavy atom. The Morgan fingerprint density at radius 2 is 2.05 bits per heavy atom. The Kier molecular flexibility index (Phi) is 4.34. The first-order chi connectivity index (χ1) is 9.66. The molecule has 0 aliphatic heterocycles. The van der Waals surface area contributed by atoms with Gasteiger partial charge in [-0.15, -0.1) is 0 Å². The van der Waals surface area contributed by atoms with Gasteiger partial charge in [-0.2, -0.15) is 5.10 Å². The molecule has 21 heavy (non-hydrogen) atoms. The molecule has 2 rings (SSSR count). The molecule has 0 radical (unpaired) electrons. The molecule has 0 aliphatic rings. The van der Waals surface area contributed by atoms with Gasteiger partial charge in [0.1, 0.15) is 0 Å². The second-order valence-electron chi connectivity index (χ2n) is 6.29. The van der Waals surface area contributed by atoms with Crippen LogP contribution in [-0.2, 0) is 16.4 Å². The molecule has 0 aliphatic carbocycles. The van der Waals surface area contributed by atoms with Crippen LogP contribution in [0.2, 0.25) is 0 Å². The highest BCUT2D eigenvalue weighted by molar-refractivity contribution is 7.89. The summed E-state index contributed by atoms with van der Waals surface area (Å²) in [5.74, 6) is 0.0208. The number of fused-ring (bicyclic) bond motifs is 1. The Morgan fingerprint density at radius 3 is 2.71 bits per heavy atom. The SMILES string of the molecule is Cc1cc2nccn2nc1CCC(C)(C)CCS(N)(=O)=O. The molecule has 0 spiro atoms. The lowest BCUT2D eigenvalue weighted by molar-refractivity contribution is 0.321. The van der Waals surface area contributed by atoms with E-state index in [1.807, 2.05) is 19.2 Å². The Labute approximate surface area is 125 Å². The van der Waals surface area contributed by atoms with E-state index in [1.165, 1.54) is 0 Å². The maximum absolute atomic E-state index is 11.1. The van der Waals surface area contributed by atoms with Crippen molar-refractivity contribution in [3.05, 3.63) is 29.7 Å². The van der Waals surface area contributed by atoms with E-state index in [2.05, 4.69) is 23.9 Å². The molecule has 7 heteroatoms. The number of primary sulfonamides is 1. The zero-order valence-corrected chi connectivity index (χ0v) is 13.5. The number of aromatic nitrogens is 3. The fraction of sp³-hybridized carbons (Fsp3) is 0.571. The van der Waals surface area contributed by atoms with Crippen LogP contribution in [0.25, 0.3) is 5.65 Å². The van der Waals surface area contributed by atoms with Crippen LogP contribution in [0.5, 0.6) is 0 Å². The van der Waals surface area contributed by atoms with Crippen LogP contribution in [0.15, 0.2) is 18.5 Å². The first kappa shape index (κ1) is 15.9. The first-order valence-electron chi connectivity index (χ1n) is 6.97. The smallest absolute Gasteiger partial charge is 0.209 e. The van der Waals surface area contributed by atoms with Crippen LogP contribution in [-0.4, -0.2) is 28.8 Å². The number of nitrogens with zero attached hydrogens (tertiary/aromatic N) is 3. The maximum Gasteiger partial charge on any atom is 0.209 e. The maximum atomic E-state index is 11.1. The fourth-order valence-electron chi connectivity index (χ4n) is 2.23. The minimum absolute atomic E-state index is 0.0208. The summed E-state index contributed by atoms with van der Waals surface area (Å²) in [4.78, 5) is 4.21. The summed E-state index contributed by atoms with van der Waals surface area (Å²) >= 11 is 0. The number of sulfonamides is 1. The fourth-order valence-corrected chi connectivity index (χ4v) is 3.07. The molecule has 0 amide bonds. The van der Waals surface area contributed by atoms with Gasteiger partial charge in [-0.05, 0) is 43.2 Å². The average Bonchev–Trinajstić information content (AvgIpc) is 2.80. The van der Waals surface area contributed by atoms with Gasteiger partial charge >= 0.3 is 0 Å². The third-order valence-corrected chi connectivity index (χ3v) is 4.55. The van der Waals surface area contributed by atoms with Gasteiger partial charge in [0.05, 0.1) is 11.4 Å². The number of aryl methyl sites for hydroxylation is 2.